The van der Waals surface area contributed by atoms with E-state index in [0.717, 1.165) is 5.56 Å². The first-order valence-corrected chi connectivity index (χ1v) is 5.54. The van der Waals surface area contributed by atoms with E-state index in [1.54, 1.807) is 0 Å². The van der Waals surface area contributed by atoms with E-state index < -0.39 is 0 Å². The second-order valence-electron chi connectivity index (χ2n) is 4.05. The van der Waals surface area contributed by atoms with Crippen molar-refractivity contribution in [1.82, 2.24) is 4.90 Å². The molecule has 0 heterocycles. The Morgan fingerprint density at radius 1 is 1.38 bits per heavy atom. The van der Waals surface area contributed by atoms with Crippen LogP contribution in [0.2, 0.25) is 0 Å². The van der Waals surface area contributed by atoms with E-state index in [9.17, 15) is 4.79 Å². The van der Waals surface area contributed by atoms with Crippen molar-refractivity contribution in [3.05, 3.63) is 35.9 Å². The van der Waals surface area contributed by atoms with Crippen molar-refractivity contribution in [1.29, 1.82) is 0 Å². The summed E-state index contributed by atoms with van der Waals surface area (Å²) in [6.45, 7) is 2.73. The fourth-order valence-electron chi connectivity index (χ4n) is 1.41. The van der Waals surface area contributed by atoms with Gasteiger partial charge in [-0.3, -0.25) is 4.79 Å². The topological polar surface area (TPSA) is 40.5 Å². The summed E-state index contributed by atoms with van der Waals surface area (Å²) in [6.07, 6.45) is 0.491. The van der Waals surface area contributed by atoms with Gasteiger partial charge in [0.1, 0.15) is 0 Å². The lowest BCUT2D eigenvalue weighted by molar-refractivity contribution is 0.0946. The standard InChI is InChI=1S/C13H19NO2/c1-11(10-15)14(2)9-8-13(16)12-6-4-3-5-7-12/h3-7,11,15H,8-10H2,1-2H3. The molecule has 0 aliphatic heterocycles. The van der Waals surface area contributed by atoms with Crippen molar-refractivity contribution in [3.8, 4) is 0 Å². The van der Waals surface area contributed by atoms with E-state index in [2.05, 4.69) is 0 Å². The Bertz CT molecular complexity index is 324. The Morgan fingerprint density at radius 3 is 2.56 bits per heavy atom. The highest BCUT2D eigenvalue weighted by Crippen LogP contribution is 2.04. The van der Waals surface area contributed by atoms with Gasteiger partial charge in [0.2, 0.25) is 0 Å². The number of carbonyl (C=O) groups excluding carboxylic acids is 1. The molecule has 0 spiro atoms. The largest absolute Gasteiger partial charge is 0.395 e. The van der Waals surface area contributed by atoms with Gasteiger partial charge in [0.15, 0.2) is 5.78 Å². The number of aliphatic hydroxyl groups excluding tert-OH is 1. The molecule has 16 heavy (non-hydrogen) atoms. The average molecular weight is 221 g/mol. The molecule has 0 radical (unpaired) electrons. The predicted octanol–water partition coefficient (Wildman–Crippen LogP) is 1.57. The molecule has 0 bridgehead atoms. The fourth-order valence-corrected chi connectivity index (χ4v) is 1.41. The Morgan fingerprint density at radius 2 is 2.00 bits per heavy atom. The minimum atomic E-state index is 0.101. The van der Waals surface area contributed by atoms with Crippen LogP contribution >= 0.6 is 0 Å². The second kappa shape index (κ2) is 6.40. The van der Waals surface area contributed by atoms with E-state index in [-0.39, 0.29) is 18.4 Å². The maximum Gasteiger partial charge on any atom is 0.164 e. The van der Waals surface area contributed by atoms with Crippen LogP contribution in [0, 0.1) is 0 Å². The molecule has 3 heteroatoms. The van der Waals surface area contributed by atoms with Crippen LogP contribution in [-0.4, -0.2) is 42.0 Å². The lowest BCUT2D eigenvalue weighted by atomic mass is 10.1. The molecule has 0 aliphatic carbocycles. The van der Waals surface area contributed by atoms with E-state index in [1.165, 1.54) is 0 Å². The van der Waals surface area contributed by atoms with Crippen LogP contribution in [0.5, 0.6) is 0 Å². The lowest BCUT2D eigenvalue weighted by Crippen LogP contribution is -2.33. The highest BCUT2D eigenvalue weighted by atomic mass is 16.3. The van der Waals surface area contributed by atoms with Crippen LogP contribution in [0.15, 0.2) is 30.3 Å². The summed E-state index contributed by atoms with van der Waals surface area (Å²) in [6, 6.07) is 9.40. The first-order chi connectivity index (χ1) is 7.65. The first-order valence-electron chi connectivity index (χ1n) is 5.54. The molecule has 1 N–H and O–H groups in total. The van der Waals surface area contributed by atoms with Gasteiger partial charge in [-0.1, -0.05) is 30.3 Å². The summed E-state index contributed by atoms with van der Waals surface area (Å²) < 4.78 is 0. The molecule has 1 aromatic carbocycles. The average Bonchev–Trinajstić information content (AvgIpc) is 2.35. The summed E-state index contributed by atoms with van der Waals surface area (Å²) in [5.41, 5.74) is 0.757. The van der Waals surface area contributed by atoms with Gasteiger partial charge in [-0.2, -0.15) is 0 Å². The quantitative estimate of drug-likeness (QED) is 0.741. The number of hydrogen-bond acceptors (Lipinski definition) is 3. The number of Topliss-reactive ketones (excluding diaryl/α,β-unsaturated/α-hetero) is 1. The Labute approximate surface area is 96.7 Å². The van der Waals surface area contributed by atoms with Gasteiger partial charge in [-0.15, -0.1) is 0 Å². The Balaban J connectivity index is 2.42. The molecule has 0 amide bonds. The van der Waals surface area contributed by atoms with Gasteiger partial charge in [0.05, 0.1) is 6.61 Å². The Kier molecular flexibility index (Phi) is 5.15. The van der Waals surface area contributed by atoms with Gasteiger partial charge < -0.3 is 10.0 Å². The number of ketones is 1. The fraction of sp³-hybridized carbons (Fsp3) is 0.462. The van der Waals surface area contributed by atoms with Crippen molar-refractivity contribution in [3.63, 3.8) is 0 Å². The third-order valence-corrected chi connectivity index (χ3v) is 2.80. The van der Waals surface area contributed by atoms with Crippen molar-refractivity contribution in [2.24, 2.45) is 0 Å². The van der Waals surface area contributed by atoms with Crippen molar-refractivity contribution < 1.29 is 9.90 Å². The third kappa shape index (κ3) is 3.76. The number of hydrogen-bond donors (Lipinski definition) is 1. The Hall–Kier alpha value is -1.19. The van der Waals surface area contributed by atoms with Crippen molar-refractivity contribution in [2.45, 2.75) is 19.4 Å². The summed E-state index contributed by atoms with van der Waals surface area (Å²) in [4.78, 5) is 13.8. The van der Waals surface area contributed by atoms with Crippen LogP contribution in [-0.2, 0) is 0 Å². The molecule has 0 aromatic heterocycles. The molecular formula is C13H19NO2. The minimum absolute atomic E-state index is 0.101. The monoisotopic (exact) mass is 221 g/mol. The molecule has 1 aromatic rings. The van der Waals surface area contributed by atoms with E-state index in [1.807, 2.05) is 49.2 Å². The molecule has 0 saturated heterocycles. The van der Waals surface area contributed by atoms with Gasteiger partial charge in [0, 0.05) is 24.6 Å². The molecule has 1 unspecified atom stereocenters. The SMILES string of the molecule is CC(CO)N(C)CCC(=O)c1ccccc1. The predicted molar refractivity (Wildman–Crippen MR) is 64.6 cm³/mol. The third-order valence-electron chi connectivity index (χ3n) is 2.80. The zero-order valence-corrected chi connectivity index (χ0v) is 9.89. The van der Waals surface area contributed by atoms with Crippen LogP contribution in [0.3, 0.4) is 0 Å². The van der Waals surface area contributed by atoms with Gasteiger partial charge >= 0.3 is 0 Å². The lowest BCUT2D eigenvalue weighted by Gasteiger charge is -2.22. The number of benzene rings is 1. The summed E-state index contributed by atoms with van der Waals surface area (Å²) in [7, 11) is 1.92. The molecule has 1 atom stereocenters. The number of nitrogens with zero attached hydrogens (tertiary/aromatic N) is 1. The number of likely N-dealkylation sites (N-methyl/N-ethyl adjacent to an activating group) is 1. The molecular weight excluding hydrogens is 202 g/mol. The van der Waals surface area contributed by atoms with Gasteiger partial charge in [-0.05, 0) is 14.0 Å². The molecule has 88 valence electrons. The highest BCUT2D eigenvalue weighted by Gasteiger charge is 2.10. The normalized spacial score (nSPS) is 12.8. The van der Waals surface area contributed by atoms with Gasteiger partial charge in [0.25, 0.3) is 0 Å². The maximum atomic E-state index is 11.8. The summed E-state index contributed by atoms with van der Waals surface area (Å²) >= 11 is 0. The van der Waals surface area contributed by atoms with Crippen LogP contribution in [0.4, 0.5) is 0 Å². The zero-order valence-electron chi connectivity index (χ0n) is 9.89. The van der Waals surface area contributed by atoms with E-state index in [0.29, 0.717) is 13.0 Å². The van der Waals surface area contributed by atoms with E-state index in [4.69, 9.17) is 5.11 Å². The maximum absolute atomic E-state index is 11.8. The van der Waals surface area contributed by atoms with Gasteiger partial charge in [-0.25, -0.2) is 0 Å². The summed E-state index contributed by atoms with van der Waals surface area (Å²) in [5.74, 6) is 0.151. The van der Waals surface area contributed by atoms with Crippen LogP contribution in [0.1, 0.15) is 23.7 Å². The first kappa shape index (κ1) is 12.9. The van der Waals surface area contributed by atoms with Crippen molar-refractivity contribution in [2.75, 3.05) is 20.2 Å². The molecule has 0 saturated carbocycles. The zero-order chi connectivity index (χ0) is 12.0. The highest BCUT2D eigenvalue weighted by molar-refractivity contribution is 5.96. The van der Waals surface area contributed by atoms with Crippen molar-refractivity contribution >= 4 is 5.78 Å². The molecule has 3 nitrogen and oxygen atoms in total. The minimum Gasteiger partial charge on any atom is -0.395 e. The molecule has 0 aliphatic rings. The van der Waals surface area contributed by atoms with Crippen LogP contribution in [0.25, 0.3) is 0 Å². The number of aliphatic hydroxyl groups is 1. The number of rotatable bonds is 6. The van der Waals surface area contributed by atoms with Crippen LogP contribution < -0.4 is 0 Å². The molecule has 1 rings (SSSR count). The number of carbonyl (C=O) groups is 1. The molecule has 0 fully saturated rings. The smallest absolute Gasteiger partial charge is 0.164 e. The second-order valence-corrected chi connectivity index (χ2v) is 4.05. The summed E-state index contributed by atoms with van der Waals surface area (Å²) in [5, 5.41) is 8.96. The van der Waals surface area contributed by atoms with E-state index >= 15 is 0 Å².